The number of nitro groups is 1. The van der Waals surface area contributed by atoms with Crippen LogP contribution in [0.2, 0.25) is 0 Å². The van der Waals surface area contributed by atoms with E-state index < -0.39 is 40.6 Å². The van der Waals surface area contributed by atoms with Gasteiger partial charge in [-0.3, -0.25) is 24.5 Å². The van der Waals surface area contributed by atoms with E-state index in [4.69, 9.17) is 15.2 Å². The minimum atomic E-state index is -1.18. The third-order valence-electron chi connectivity index (χ3n) is 4.53. The number of hydrogen-bond donors (Lipinski definition) is 2. The Morgan fingerprint density at radius 3 is 2.54 bits per heavy atom. The van der Waals surface area contributed by atoms with Gasteiger partial charge in [-0.15, -0.1) is 0 Å². The lowest BCUT2D eigenvalue weighted by Crippen LogP contribution is -2.50. The van der Waals surface area contributed by atoms with Gasteiger partial charge in [0.15, 0.2) is 0 Å². The van der Waals surface area contributed by atoms with Crippen molar-refractivity contribution in [3.63, 3.8) is 0 Å². The van der Waals surface area contributed by atoms with Crippen molar-refractivity contribution < 1.29 is 28.8 Å². The lowest BCUT2D eigenvalue weighted by atomic mass is 9.87. The highest BCUT2D eigenvalue weighted by molar-refractivity contribution is 5.89. The molecule has 0 saturated carbocycles. The number of amides is 2. The smallest absolute Gasteiger partial charge is 0.306 e. The molecule has 0 spiro atoms. The van der Waals surface area contributed by atoms with Gasteiger partial charge < -0.3 is 20.5 Å². The molecule has 1 aliphatic heterocycles. The molecular formula is C18H23N3O7. The molecule has 28 heavy (non-hydrogen) atoms. The molecule has 1 aromatic rings. The molecule has 10 heteroatoms. The van der Waals surface area contributed by atoms with Crippen LogP contribution in [0.3, 0.4) is 0 Å². The molecule has 1 fully saturated rings. The topological polar surface area (TPSA) is 151 Å². The summed E-state index contributed by atoms with van der Waals surface area (Å²) in [5.41, 5.74) is 5.82. The molecule has 1 aromatic carbocycles. The van der Waals surface area contributed by atoms with Gasteiger partial charge in [0.1, 0.15) is 6.04 Å². The molecule has 3 N–H and O–H groups in total. The van der Waals surface area contributed by atoms with Crippen molar-refractivity contribution in [2.45, 2.75) is 31.7 Å². The van der Waals surface area contributed by atoms with Crippen molar-refractivity contribution >= 4 is 23.5 Å². The van der Waals surface area contributed by atoms with Gasteiger partial charge in [-0.1, -0.05) is 12.1 Å². The van der Waals surface area contributed by atoms with Crippen LogP contribution in [-0.2, 0) is 23.9 Å². The summed E-state index contributed by atoms with van der Waals surface area (Å²) in [6.45, 7) is 2.50. The van der Waals surface area contributed by atoms with Gasteiger partial charge >= 0.3 is 5.97 Å². The van der Waals surface area contributed by atoms with E-state index >= 15 is 0 Å². The number of nitrogens with one attached hydrogen (secondary N) is 1. The number of primary amides is 1. The summed E-state index contributed by atoms with van der Waals surface area (Å²) in [6, 6.07) is 4.21. The number of carbonyl (C=O) groups excluding carboxylic acids is 3. The first-order valence-electron chi connectivity index (χ1n) is 8.90. The molecule has 0 aliphatic carbocycles. The number of carbonyl (C=O) groups is 3. The Hall–Kier alpha value is -3.01. The molecule has 10 nitrogen and oxygen atoms in total. The third kappa shape index (κ3) is 5.49. The summed E-state index contributed by atoms with van der Waals surface area (Å²) in [5.74, 6) is -3.02. The fraction of sp³-hybridized carbons (Fsp3) is 0.500. The zero-order valence-corrected chi connectivity index (χ0v) is 15.5. The Morgan fingerprint density at radius 2 is 2.04 bits per heavy atom. The van der Waals surface area contributed by atoms with Crippen LogP contribution in [0.15, 0.2) is 24.3 Å². The van der Waals surface area contributed by atoms with Gasteiger partial charge in [-0.2, -0.15) is 0 Å². The van der Waals surface area contributed by atoms with Crippen molar-refractivity contribution in [3.05, 3.63) is 39.9 Å². The number of ether oxygens (including phenoxy) is 2. The predicted molar refractivity (Wildman–Crippen MR) is 97.1 cm³/mol. The molecule has 1 heterocycles. The summed E-state index contributed by atoms with van der Waals surface area (Å²) in [5, 5.41) is 13.5. The minimum absolute atomic E-state index is 0.138. The zero-order valence-electron chi connectivity index (χ0n) is 15.5. The molecule has 152 valence electrons. The number of benzene rings is 1. The average Bonchev–Trinajstić information content (AvgIpc) is 3.19. The molecule has 2 amide bonds. The highest BCUT2D eigenvalue weighted by atomic mass is 16.6. The van der Waals surface area contributed by atoms with Crippen molar-refractivity contribution in [2.75, 3.05) is 19.8 Å². The van der Waals surface area contributed by atoms with Crippen LogP contribution < -0.4 is 11.1 Å². The van der Waals surface area contributed by atoms with Crippen LogP contribution in [-0.4, -0.2) is 48.6 Å². The summed E-state index contributed by atoms with van der Waals surface area (Å²) in [4.78, 5) is 46.9. The summed E-state index contributed by atoms with van der Waals surface area (Å²) < 4.78 is 10.1. The van der Waals surface area contributed by atoms with Crippen LogP contribution in [0.1, 0.15) is 31.2 Å². The Morgan fingerprint density at radius 1 is 1.36 bits per heavy atom. The van der Waals surface area contributed by atoms with Crippen molar-refractivity contribution in [1.82, 2.24) is 5.32 Å². The fourth-order valence-corrected chi connectivity index (χ4v) is 3.05. The summed E-state index contributed by atoms with van der Waals surface area (Å²) in [7, 11) is 0. The quantitative estimate of drug-likeness (QED) is 0.355. The van der Waals surface area contributed by atoms with Crippen LogP contribution in [0, 0.1) is 16.0 Å². The summed E-state index contributed by atoms with van der Waals surface area (Å²) in [6.07, 6.45) is 0.304. The third-order valence-corrected chi connectivity index (χ3v) is 4.53. The van der Waals surface area contributed by atoms with E-state index in [0.717, 1.165) is 0 Å². The molecule has 0 bridgehead atoms. The summed E-state index contributed by atoms with van der Waals surface area (Å²) >= 11 is 0. The minimum Gasteiger partial charge on any atom is -0.466 e. The molecule has 1 saturated heterocycles. The number of nitro benzene ring substituents is 1. The molecule has 0 radical (unpaired) electrons. The van der Waals surface area contributed by atoms with Gasteiger partial charge in [0.05, 0.1) is 30.5 Å². The van der Waals surface area contributed by atoms with Crippen molar-refractivity contribution in [2.24, 2.45) is 11.7 Å². The Labute approximate surface area is 161 Å². The number of rotatable bonds is 9. The second kappa shape index (κ2) is 9.79. The van der Waals surface area contributed by atoms with Crippen LogP contribution in [0.25, 0.3) is 0 Å². The molecular weight excluding hydrogens is 370 g/mol. The van der Waals surface area contributed by atoms with Gasteiger partial charge in [0.25, 0.3) is 5.69 Å². The Kier molecular flexibility index (Phi) is 7.44. The van der Waals surface area contributed by atoms with Gasteiger partial charge in [-0.05, 0) is 18.9 Å². The lowest BCUT2D eigenvalue weighted by molar-refractivity contribution is -0.384. The first-order chi connectivity index (χ1) is 13.3. The Bertz CT molecular complexity index is 729. The zero-order chi connectivity index (χ0) is 20.7. The maximum absolute atomic E-state index is 12.4. The van der Waals surface area contributed by atoms with E-state index in [1.165, 1.54) is 24.3 Å². The van der Waals surface area contributed by atoms with Gasteiger partial charge in [-0.25, -0.2) is 0 Å². The number of esters is 1. The van der Waals surface area contributed by atoms with Crippen LogP contribution in [0.4, 0.5) is 5.69 Å². The van der Waals surface area contributed by atoms with E-state index in [0.29, 0.717) is 18.6 Å². The van der Waals surface area contributed by atoms with E-state index in [9.17, 15) is 24.5 Å². The van der Waals surface area contributed by atoms with E-state index in [-0.39, 0.29) is 25.3 Å². The number of nitrogens with zero attached hydrogens (tertiary/aromatic N) is 1. The van der Waals surface area contributed by atoms with Crippen molar-refractivity contribution in [3.8, 4) is 0 Å². The molecule has 0 unspecified atom stereocenters. The predicted octanol–water partition coefficient (Wildman–Crippen LogP) is 0.638. The average molecular weight is 393 g/mol. The van der Waals surface area contributed by atoms with E-state index in [2.05, 4.69) is 5.32 Å². The van der Waals surface area contributed by atoms with Crippen LogP contribution in [0.5, 0.6) is 0 Å². The van der Waals surface area contributed by atoms with Crippen molar-refractivity contribution in [1.29, 1.82) is 0 Å². The first kappa shape index (κ1) is 21.3. The maximum atomic E-state index is 12.4. The maximum Gasteiger partial charge on any atom is 0.306 e. The second-order valence-electron chi connectivity index (χ2n) is 6.41. The SMILES string of the molecule is CCOC(=O)C[C@@H](c1ccc([N+](=O)[O-])cc1)[C@@H](NC(=O)[C@H]1CCOC1)C(N)=O. The van der Waals surface area contributed by atoms with Gasteiger partial charge in [0, 0.05) is 24.7 Å². The largest absolute Gasteiger partial charge is 0.466 e. The first-order valence-corrected chi connectivity index (χ1v) is 8.90. The molecule has 2 rings (SSSR count). The molecule has 1 aliphatic rings. The number of hydrogen-bond acceptors (Lipinski definition) is 7. The van der Waals surface area contributed by atoms with Crippen LogP contribution >= 0.6 is 0 Å². The second-order valence-corrected chi connectivity index (χ2v) is 6.41. The number of non-ortho nitro benzene ring substituents is 1. The van der Waals surface area contributed by atoms with E-state index in [1.54, 1.807) is 6.92 Å². The highest BCUT2D eigenvalue weighted by Gasteiger charge is 2.34. The normalized spacial score (nSPS) is 18.1. The van der Waals surface area contributed by atoms with Gasteiger partial charge in [0.2, 0.25) is 11.8 Å². The number of nitrogens with two attached hydrogens (primary N) is 1. The lowest BCUT2D eigenvalue weighted by Gasteiger charge is -2.26. The molecule has 3 atom stereocenters. The monoisotopic (exact) mass is 393 g/mol. The molecule has 0 aromatic heterocycles. The highest BCUT2D eigenvalue weighted by Crippen LogP contribution is 2.27. The van der Waals surface area contributed by atoms with E-state index in [1.807, 2.05) is 0 Å². The standard InChI is InChI=1S/C18H23N3O7/c1-2-28-15(22)9-14(11-3-5-13(6-4-11)21(25)26)16(17(19)23)20-18(24)12-7-8-27-10-12/h3-6,12,14,16H,2,7-10H2,1H3,(H2,19,23)(H,20,24)/t12-,14-,16+/m0/s1. The fourth-order valence-electron chi connectivity index (χ4n) is 3.05. The Balaban J connectivity index is 2.29.